The van der Waals surface area contributed by atoms with Crippen LogP contribution in [0.15, 0.2) is 0 Å². The maximum Gasteiger partial charge on any atom is 0.197 e. The van der Waals surface area contributed by atoms with Crippen LogP contribution in [0.5, 0.6) is 5.75 Å². The van der Waals surface area contributed by atoms with Gasteiger partial charge < -0.3 is 15.4 Å². The number of nitrogen functional groups attached to an aromatic ring is 1. The van der Waals surface area contributed by atoms with Crippen molar-refractivity contribution in [3.8, 4) is 5.75 Å². The van der Waals surface area contributed by atoms with E-state index in [4.69, 9.17) is 10.5 Å². The molecule has 1 rings (SSSR count). The van der Waals surface area contributed by atoms with E-state index in [0.717, 1.165) is 23.7 Å². The third kappa shape index (κ3) is 3.27. The molecule has 0 bridgehead atoms. The molecular weight excluding hydrogens is 222 g/mol. The van der Waals surface area contributed by atoms with Crippen molar-refractivity contribution in [2.75, 3.05) is 30.8 Å². The number of nitrogens with two attached hydrogens (primary N) is 1. The molecule has 0 saturated carbocycles. The molecule has 92 valence electrons. The summed E-state index contributed by atoms with van der Waals surface area (Å²) in [6.07, 6.45) is 1.15. The maximum absolute atomic E-state index is 5.77. The molecule has 0 atom stereocenters. The van der Waals surface area contributed by atoms with Gasteiger partial charge in [-0.3, -0.25) is 0 Å². The highest BCUT2D eigenvalue weighted by atomic mass is 32.1. The summed E-state index contributed by atoms with van der Waals surface area (Å²) in [6, 6.07) is 0. The van der Waals surface area contributed by atoms with E-state index in [1.165, 1.54) is 11.5 Å². The summed E-state index contributed by atoms with van der Waals surface area (Å²) < 4.78 is 9.65. The first-order valence-electron chi connectivity index (χ1n) is 5.65. The van der Waals surface area contributed by atoms with Gasteiger partial charge in [-0.15, -0.1) is 0 Å². The number of hydrogen-bond acceptors (Lipinski definition) is 5. The van der Waals surface area contributed by atoms with E-state index >= 15 is 0 Å². The van der Waals surface area contributed by atoms with Crippen molar-refractivity contribution in [3.05, 3.63) is 0 Å². The summed E-state index contributed by atoms with van der Waals surface area (Å²) in [5.41, 5.74) is 5.77. The summed E-state index contributed by atoms with van der Waals surface area (Å²) in [5, 5.41) is 1.03. The SMILES string of the molecule is CCOc1c(N)nsc1N(C)CCC(C)C. The second-order valence-electron chi connectivity index (χ2n) is 4.24. The Hall–Kier alpha value is -0.970. The molecule has 4 nitrogen and oxygen atoms in total. The average Bonchev–Trinajstić information content (AvgIpc) is 2.58. The fourth-order valence-corrected chi connectivity index (χ4v) is 2.11. The molecule has 0 amide bonds. The molecule has 16 heavy (non-hydrogen) atoms. The minimum atomic E-state index is 0.498. The average molecular weight is 243 g/mol. The van der Waals surface area contributed by atoms with Gasteiger partial charge in [0.1, 0.15) is 0 Å². The number of rotatable bonds is 6. The van der Waals surface area contributed by atoms with E-state index < -0.39 is 0 Å². The number of nitrogens with zero attached hydrogens (tertiary/aromatic N) is 2. The fourth-order valence-electron chi connectivity index (χ4n) is 1.36. The normalized spacial score (nSPS) is 10.8. The zero-order valence-electron chi connectivity index (χ0n) is 10.5. The van der Waals surface area contributed by atoms with Gasteiger partial charge in [-0.25, -0.2) is 0 Å². The van der Waals surface area contributed by atoms with Crippen molar-refractivity contribution in [1.82, 2.24) is 4.37 Å². The standard InChI is InChI=1S/C11H21N3OS/c1-5-15-9-10(12)13-16-11(9)14(4)7-6-8(2)3/h8H,5-7H2,1-4H3,(H2,12,13). The lowest BCUT2D eigenvalue weighted by molar-refractivity contribution is 0.343. The summed E-state index contributed by atoms with van der Waals surface area (Å²) in [6.45, 7) is 8.01. The Morgan fingerprint density at radius 3 is 2.75 bits per heavy atom. The van der Waals surface area contributed by atoms with Gasteiger partial charge in [0.25, 0.3) is 0 Å². The predicted octanol–water partition coefficient (Wildman–Crippen LogP) is 2.61. The molecule has 1 heterocycles. The van der Waals surface area contributed by atoms with Crippen molar-refractivity contribution < 1.29 is 4.74 Å². The Morgan fingerprint density at radius 2 is 2.19 bits per heavy atom. The second-order valence-corrected chi connectivity index (χ2v) is 4.99. The Balaban J connectivity index is 2.70. The minimum absolute atomic E-state index is 0.498. The lowest BCUT2D eigenvalue weighted by Crippen LogP contribution is -2.19. The summed E-state index contributed by atoms with van der Waals surface area (Å²) in [4.78, 5) is 2.17. The van der Waals surface area contributed by atoms with Crippen LogP contribution in [0, 0.1) is 5.92 Å². The van der Waals surface area contributed by atoms with Crippen LogP contribution >= 0.6 is 11.5 Å². The highest BCUT2D eigenvalue weighted by molar-refractivity contribution is 7.11. The topological polar surface area (TPSA) is 51.4 Å². The molecule has 2 N–H and O–H groups in total. The molecule has 1 aromatic rings. The van der Waals surface area contributed by atoms with Crippen LogP contribution < -0.4 is 15.4 Å². The minimum Gasteiger partial charge on any atom is -0.487 e. The van der Waals surface area contributed by atoms with E-state index in [0.29, 0.717) is 18.3 Å². The van der Waals surface area contributed by atoms with Gasteiger partial charge in [-0.2, -0.15) is 4.37 Å². The molecule has 5 heteroatoms. The largest absolute Gasteiger partial charge is 0.487 e. The van der Waals surface area contributed by atoms with Crippen LogP contribution in [0.25, 0.3) is 0 Å². The second kappa shape index (κ2) is 5.94. The lowest BCUT2D eigenvalue weighted by atomic mass is 10.1. The molecule has 0 aliphatic heterocycles. The maximum atomic E-state index is 5.77. The zero-order valence-corrected chi connectivity index (χ0v) is 11.3. The molecule has 0 fully saturated rings. The molecule has 0 aliphatic rings. The van der Waals surface area contributed by atoms with Crippen molar-refractivity contribution >= 4 is 22.4 Å². The molecule has 0 saturated heterocycles. The monoisotopic (exact) mass is 243 g/mol. The van der Waals surface area contributed by atoms with Crippen LogP contribution in [0.2, 0.25) is 0 Å². The first-order chi connectivity index (χ1) is 7.56. The quantitative estimate of drug-likeness (QED) is 0.834. The van der Waals surface area contributed by atoms with Gasteiger partial charge in [0, 0.05) is 13.6 Å². The number of anilines is 2. The van der Waals surface area contributed by atoms with E-state index in [1.807, 2.05) is 6.92 Å². The van der Waals surface area contributed by atoms with Gasteiger partial charge in [-0.05, 0) is 30.8 Å². The van der Waals surface area contributed by atoms with Gasteiger partial charge in [0.05, 0.1) is 6.61 Å². The Labute approximate surface area is 102 Å². The third-order valence-corrected chi connectivity index (χ3v) is 3.29. The van der Waals surface area contributed by atoms with Gasteiger partial charge in [0.15, 0.2) is 16.6 Å². The van der Waals surface area contributed by atoms with E-state index in [2.05, 4.69) is 30.2 Å². The molecular formula is C11H21N3OS. The van der Waals surface area contributed by atoms with Crippen LogP contribution in [-0.2, 0) is 0 Å². The van der Waals surface area contributed by atoms with Crippen molar-refractivity contribution in [2.45, 2.75) is 27.2 Å². The van der Waals surface area contributed by atoms with Crippen molar-refractivity contribution in [1.29, 1.82) is 0 Å². The van der Waals surface area contributed by atoms with Crippen molar-refractivity contribution in [2.24, 2.45) is 5.92 Å². The highest BCUT2D eigenvalue weighted by Gasteiger charge is 2.16. The van der Waals surface area contributed by atoms with E-state index in [-0.39, 0.29) is 0 Å². The fraction of sp³-hybridized carbons (Fsp3) is 0.727. The first-order valence-corrected chi connectivity index (χ1v) is 6.42. The Kier molecular flexibility index (Phi) is 4.86. The Morgan fingerprint density at radius 1 is 1.50 bits per heavy atom. The Bertz CT molecular complexity index is 325. The number of ether oxygens (including phenoxy) is 1. The van der Waals surface area contributed by atoms with Crippen LogP contribution in [0.4, 0.5) is 10.8 Å². The van der Waals surface area contributed by atoms with Crippen molar-refractivity contribution in [3.63, 3.8) is 0 Å². The first kappa shape index (κ1) is 13.1. The van der Waals surface area contributed by atoms with Gasteiger partial charge >= 0.3 is 0 Å². The van der Waals surface area contributed by atoms with Crippen LogP contribution in [0.3, 0.4) is 0 Å². The molecule has 0 aromatic carbocycles. The molecule has 0 radical (unpaired) electrons. The molecule has 0 aliphatic carbocycles. The predicted molar refractivity (Wildman–Crippen MR) is 70.4 cm³/mol. The number of aromatic nitrogens is 1. The summed E-state index contributed by atoms with van der Waals surface area (Å²) in [7, 11) is 2.05. The number of hydrogen-bond donors (Lipinski definition) is 1. The molecule has 0 unspecified atom stereocenters. The smallest absolute Gasteiger partial charge is 0.197 e. The molecule has 0 spiro atoms. The summed E-state index contributed by atoms with van der Waals surface area (Å²) >= 11 is 1.40. The zero-order chi connectivity index (χ0) is 12.1. The van der Waals surface area contributed by atoms with Gasteiger partial charge in [0.2, 0.25) is 0 Å². The molecule has 1 aromatic heterocycles. The van der Waals surface area contributed by atoms with E-state index in [9.17, 15) is 0 Å². The van der Waals surface area contributed by atoms with E-state index in [1.54, 1.807) is 0 Å². The third-order valence-electron chi connectivity index (χ3n) is 2.33. The van der Waals surface area contributed by atoms with Crippen LogP contribution in [0.1, 0.15) is 27.2 Å². The van der Waals surface area contributed by atoms with Crippen LogP contribution in [-0.4, -0.2) is 24.6 Å². The van der Waals surface area contributed by atoms with Gasteiger partial charge in [-0.1, -0.05) is 13.8 Å². The lowest BCUT2D eigenvalue weighted by Gasteiger charge is -2.19. The summed E-state index contributed by atoms with van der Waals surface area (Å²) in [5.74, 6) is 1.93. The highest BCUT2D eigenvalue weighted by Crippen LogP contribution is 2.37.